The van der Waals surface area contributed by atoms with Gasteiger partial charge in [-0.25, -0.2) is 15.0 Å². The fourth-order valence-electron chi connectivity index (χ4n) is 3.34. The van der Waals surface area contributed by atoms with Crippen molar-refractivity contribution in [1.82, 2.24) is 15.0 Å². The molecule has 0 unspecified atom stereocenters. The molecule has 32 heavy (non-hydrogen) atoms. The van der Waals surface area contributed by atoms with Gasteiger partial charge in [-0.15, -0.1) is 0 Å². The molecule has 0 aliphatic rings. The van der Waals surface area contributed by atoms with E-state index in [0.717, 1.165) is 45.4 Å². The first kappa shape index (κ1) is 21.1. The molecule has 2 heterocycles. The van der Waals surface area contributed by atoms with E-state index in [1.165, 1.54) is 0 Å². The van der Waals surface area contributed by atoms with Crippen molar-refractivity contribution in [3.05, 3.63) is 84.3 Å². The smallest absolute Gasteiger partial charge is 0.139 e. The van der Waals surface area contributed by atoms with Crippen LogP contribution in [0.5, 0.6) is 11.5 Å². The van der Waals surface area contributed by atoms with Crippen LogP contribution in [0.1, 0.15) is 11.1 Å². The summed E-state index contributed by atoms with van der Waals surface area (Å²) in [5.41, 5.74) is 4.81. The number of nitrogens with one attached hydrogen (secondary N) is 2. The lowest BCUT2D eigenvalue weighted by Crippen LogP contribution is -2.04. The third-order valence-corrected chi connectivity index (χ3v) is 5.10. The minimum absolute atomic E-state index is 0.547. The van der Waals surface area contributed by atoms with Crippen molar-refractivity contribution in [1.29, 1.82) is 0 Å². The zero-order valence-electron chi connectivity index (χ0n) is 18.3. The Labute approximate surface area is 187 Å². The standard InChI is InChI=1S/C25H25N5O2/c1-17-7-4-5-9-21(17)30-25-20(8-6-12-26-25)22-14-24(29-16-28-22)27-15-18-10-11-19(31-2)13-23(18)32-3/h4-14,16H,15H2,1-3H3,(H,26,30)(H,27,28,29). The number of methoxy groups -OCH3 is 2. The van der Waals surface area contributed by atoms with Gasteiger partial charge in [0, 0.05) is 41.7 Å². The topological polar surface area (TPSA) is 81.2 Å². The normalized spacial score (nSPS) is 10.5. The summed E-state index contributed by atoms with van der Waals surface area (Å²) >= 11 is 0. The molecule has 162 valence electrons. The number of hydrogen-bond donors (Lipinski definition) is 2. The number of anilines is 3. The zero-order chi connectivity index (χ0) is 22.3. The summed E-state index contributed by atoms with van der Waals surface area (Å²) < 4.78 is 10.7. The molecule has 0 fully saturated rings. The summed E-state index contributed by atoms with van der Waals surface area (Å²) in [6, 6.07) is 19.6. The largest absolute Gasteiger partial charge is 0.497 e. The van der Waals surface area contributed by atoms with E-state index in [9.17, 15) is 0 Å². The molecule has 4 rings (SSSR count). The molecule has 0 spiro atoms. The highest BCUT2D eigenvalue weighted by molar-refractivity contribution is 5.77. The first-order valence-corrected chi connectivity index (χ1v) is 10.2. The maximum Gasteiger partial charge on any atom is 0.139 e. The highest BCUT2D eigenvalue weighted by Gasteiger charge is 2.11. The van der Waals surface area contributed by atoms with Gasteiger partial charge in [-0.2, -0.15) is 0 Å². The fraction of sp³-hybridized carbons (Fsp3) is 0.160. The fourth-order valence-corrected chi connectivity index (χ4v) is 3.34. The van der Waals surface area contributed by atoms with Gasteiger partial charge in [-0.3, -0.25) is 0 Å². The van der Waals surface area contributed by atoms with Gasteiger partial charge in [0.05, 0.1) is 19.9 Å². The SMILES string of the molecule is COc1ccc(CNc2cc(-c3cccnc3Nc3ccccc3C)ncn2)c(OC)c1. The van der Waals surface area contributed by atoms with E-state index in [2.05, 4.69) is 38.6 Å². The number of nitrogens with zero attached hydrogens (tertiary/aromatic N) is 3. The number of pyridine rings is 1. The number of hydrogen-bond acceptors (Lipinski definition) is 7. The number of aromatic nitrogens is 3. The summed E-state index contributed by atoms with van der Waals surface area (Å²) in [5, 5.41) is 6.77. The Hall–Kier alpha value is -4.13. The van der Waals surface area contributed by atoms with Crippen molar-refractivity contribution in [2.24, 2.45) is 0 Å². The van der Waals surface area contributed by atoms with Gasteiger partial charge in [0.1, 0.15) is 29.5 Å². The summed E-state index contributed by atoms with van der Waals surface area (Å²) in [7, 11) is 3.28. The predicted octanol–water partition coefficient (Wildman–Crippen LogP) is 5.22. The van der Waals surface area contributed by atoms with Gasteiger partial charge < -0.3 is 20.1 Å². The average molecular weight is 428 g/mol. The van der Waals surface area contributed by atoms with Crippen LogP contribution in [0.25, 0.3) is 11.3 Å². The summed E-state index contributed by atoms with van der Waals surface area (Å²) in [4.78, 5) is 13.4. The monoisotopic (exact) mass is 427 g/mol. The number of benzene rings is 2. The highest BCUT2D eigenvalue weighted by Crippen LogP contribution is 2.29. The van der Waals surface area contributed by atoms with E-state index >= 15 is 0 Å². The van der Waals surface area contributed by atoms with Gasteiger partial charge in [0.2, 0.25) is 0 Å². The Bertz CT molecular complexity index is 1210. The minimum Gasteiger partial charge on any atom is -0.497 e. The summed E-state index contributed by atoms with van der Waals surface area (Å²) in [6.45, 7) is 2.61. The van der Waals surface area contributed by atoms with Crippen LogP contribution >= 0.6 is 0 Å². The number of rotatable bonds is 8. The van der Waals surface area contributed by atoms with Crippen molar-refractivity contribution in [3.8, 4) is 22.8 Å². The van der Waals surface area contributed by atoms with Gasteiger partial charge in [0.25, 0.3) is 0 Å². The van der Waals surface area contributed by atoms with E-state index in [1.54, 1.807) is 26.7 Å². The molecule has 0 saturated carbocycles. The molecule has 2 N–H and O–H groups in total. The van der Waals surface area contributed by atoms with E-state index < -0.39 is 0 Å². The van der Waals surface area contributed by atoms with Crippen LogP contribution in [-0.2, 0) is 6.54 Å². The van der Waals surface area contributed by atoms with Crippen LogP contribution in [0.2, 0.25) is 0 Å². The molecule has 2 aromatic heterocycles. The number of aryl methyl sites for hydroxylation is 1. The lowest BCUT2D eigenvalue weighted by atomic mass is 10.1. The minimum atomic E-state index is 0.547. The predicted molar refractivity (Wildman–Crippen MR) is 127 cm³/mol. The molecule has 7 heteroatoms. The molecular weight excluding hydrogens is 402 g/mol. The Kier molecular flexibility index (Phi) is 6.46. The van der Waals surface area contributed by atoms with Crippen LogP contribution in [-0.4, -0.2) is 29.2 Å². The molecule has 4 aromatic rings. The number of para-hydroxylation sites is 1. The van der Waals surface area contributed by atoms with Crippen molar-refractivity contribution in [2.45, 2.75) is 13.5 Å². The molecule has 0 bridgehead atoms. The van der Waals surface area contributed by atoms with E-state index in [-0.39, 0.29) is 0 Å². The van der Waals surface area contributed by atoms with Crippen LogP contribution < -0.4 is 20.1 Å². The molecule has 0 amide bonds. The van der Waals surface area contributed by atoms with Crippen LogP contribution in [0.4, 0.5) is 17.3 Å². The van der Waals surface area contributed by atoms with Crippen molar-refractivity contribution < 1.29 is 9.47 Å². The lowest BCUT2D eigenvalue weighted by Gasteiger charge is -2.14. The highest BCUT2D eigenvalue weighted by atomic mass is 16.5. The van der Waals surface area contributed by atoms with E-state index in [0.29, 0.717) is 12.4 Å². The second kappa shape index (κ2) is 9.78. The van der Waals surface area contributed by atoms with Crippen LogP contribution in [0.3, 0.4) is 0 Å². The van der Waals surface area contributed by atoms with Crippen LogP contribution in [0.15, 0.2) is 73.2 Å². The zero-order valence-corrected chi connectivity index (χ0v) is 18.3. The maximum absolute atomic E-state index is 5.48. The van der Waals surface area contributed by atoms with Gasteiger partial charge >= 0.3 is 0 Å². The molecule has 0 aliphatic carbocycles. The molecule has 7 nitrogen and oxygen atoms in total. The molecule has 0 saturated heterocycles. The molecular formula is C25H25N5O2. The van der Waals surface area contributed by atoms with Crippen molar-refractivity contribution >= 4 is 17.3 Å². The molecule has 0 aliphatic heterocycles. The van der Waals surface area contributed by atoms with Gasteiger partial charge in [-0.1, -0.05) is 18.2 Å². The quantitative estimate of drug-likeness (QED) is 0.399. The average Bonchev–Trinajstić information content (AvgIpc) is 2.84. The third-order valence-electron chi connectivity index (χ3n) is 5.10. The Balaban J connectivity index is 1.56. The first-order valence-electron chi connectivity index (χ1n) is 10.2. The van der Waals surface area contributed by atoms with Gasteiger partial charge in [-0.05, 0) is 42.8 Å². The summed E-state index contributed by atoms with van der Waals surface area (Å²) in [5.74, 6) is 2.95. The van der Waals surface area contributed by atoms with E-state index in [4.69, 9.17) is 9.47 Å². The van der Waals surface area contributed by atoms with Crippen molar-refractivity contribution in [3.63, 3.8) is 0 Å². The Morgan fingerprint density at radius 3 is 2.56 bits per heavy atom. The van der Waals surface area contributed by atoms with Gasteiger partial charge in [0.15, 0.2) is 0 Å². The number of ether oxygens (including phenoxy) is 2. The van der Waals surface area contributed by atoms with Crippen molar-refractivity contribution in [2.75, 3.05) is 24.9 Å². The second-order valence-corrected chi connectivity index (χ2v) is 7.16. The third kappa shape index (κ3) is 4.78. The molecule has 2 aromatic carbocycles. The molecule has 0 radical (unpaired) electrons. The second-order valence-electron chi connectivity index (χ2n) is 7.16. The Morgan fingerprint density at radius 2 is 1.75 bits per heavy atom. The van der Waals surface area contributed by atoms with Crippen LogP contribution in [0, 0.1) is 6.92 Å². The Morgan fingerprint density at radius 1 is 0.875 bits per heavy atom. The maximum atomic E-state index is 5.48. The lowest BCUT2D eigenvalue weighted by molar-refractivity contribution is 0.391. The summed E-state index contributed by atoms with van der Waals surface area (Å²) in [6.07, 6.45) is 3.31. The first-order chi connectivity index (χ1) is 15.7. The van der Waals surface area contributed by atoms with E-state index in [1.807, 2.05) is 54.6 Å². The molecule has 0 atom stereocenters.